The van der Waals surface area contributed by atoms with E-state index < -0.39 is 0 Å². The minimum atomic E-state index is 0.151. The van der Waals surface area contributed by atoms with E-state index >= 15 is 0 Å². The average Bonchev–Trinajstić information content (AvgIpc) is 2.87. The maximum atomic E-state index is 11.9. The molecule has 0 aliphatic heterocycles. The lowest BCUT2D eigenvalue weighted by Gasteiger charge is -2.27. The molecular weight excluding hydrogens is 266 g/mol. The fourth-order valence-electron chi connectivity index (χ4n) is 2.87. The molecule has 0 aromatic carbocycles. The molecule has 1 fully saturated rings. The second-order valence-corrected chi connectivity index (χ2v) is 6.59. The summed E-state index contributed by atoms with van der Waals surface area (Å²) in [6.45, 7) is 6.33. The van der Waals surface area contributed by atoms with E-state index in [9.17, 15) is 4.79 Å². The first-order valence-electron chi connectivity index (χ1n) is 8.16. The largest absolute Gasteiger partial charge is 0.353 e. The van der Waals surface area contributed by atoms with E-state index in [1.807, 2.05) is 13.8 Å². The summed E-state index contributed by atoms with van der Waals surface area (Å²) in [6, 6.07) is 0.372. The molecule has 2 rings (SSSR count). The van der Waals surface area contributed by atoms with Crippen molar-refractivity contribution in [3.8, 4) is 0 Å². The quantitative estimate of drug-likeness (QED) is 0.874. The molecule has 1 aliphatic rings. The molecule has 1 saturated carbocycles. The highest BCUT2D eigenvalue weighted by Gasteiger charge is 2.20. The number of rotatable bonds is 6. The Hall–Kier alpha value is -1.39. The number of aromatic nitrogens is 2. The van der Waals surface area contributed by atoms with E-state index in [1.54, 1.807) is 0 Å². The molecule has 0 radical (unpaired) electrons. The second-order valence-electron chi connectivity index (χ2n) is 6.59. The van der Waals surface area contributed by atoms with E-state index in [-0.39, 0.29) is 11.8 Å². The van der Waals surface area contributed by atoms with Crippen LogP contribution in [-0.2, 0) is 11.2 Å². The third-order valence-corrected chi connectivity index (χ3v) is 4.10. The number of hydrogen-bond donors (Lipinski definition) is 1. The van der Waals surface area contributed by atoms with Gasteiger partial charge in [0.1, 0.15) is 0 Å². The molecule has 118 valence electrons. The van der Waals surface area contributed by atoms with E-state index in [0.29, 0.717) is 24.8 Å². The van der Waals surface area contributed by atoms with Crippen molar-refractivity contribution in [1.29, 1.82) is 0 Å². The molecule has 0 unspecified atom stereocenters. The molecule has 0 bridgehead atoms. The van der Waals surface area contributed by atoms with Crippen molar-refractivity contribution in [1.82, 2.24) is 15.5 Å². The van der Waals surface area contributed by atoms with Crippen LogP contribution in [0.3, 0.4) is 0 Å². The molecule has 0 spiro atoms. The Morgan fingerprint density at radius 2 is 2.24 bits per heavy atom. The molecule has 1 heterocycles. The van der Waals surface area contributed by atoms with Gasteiger partial charge < -0.3 is 9.84 Å². The summed E-state index contributed by atoms with van der Waals surface area (Å²) < 4.78 is 5.18. The van der Waals surface area contributed by atoms with Crippen molar-refractivity contribution in [3.63, 3.8) is 0 Å². The molecule has 1 aromatic heterocycles. The van der Waals surface area contributed by atoms with Crippen molar-refractivity contribution < 1.29 is 9.32 Å². The Kier molecular flexibility index (Phi) is 5.76. The predicted molar refractivity (Wildman–Crippen MR) is 80.9 cm³/mol. The van der Waals surface area contributed by atoms with Gasteiger partial charge >= 0.3 is 0 Å². The maximum absolute atomic E-state index is 11.9. The lowest BCUT2D eigenvalue weighted by Crippen LogP contribution is -2.37. The van der Waals surface area contributed by atoms with Crippen molar-refractivity contribution in [2.75, 3.05) is 0 Å². The molecule has 21 heavy (non-hydrogen) atoms. The van der Waals surface area contributed by atoms with Gasteiger partial charge in [0.2, 0.25) is 11.8 Å². The number of nitrogens with one attached hydrogen (secondary N) is 1. The van der Waals surface area contributed by atoms with Crippen molar-refractivity contribution in [3.05, 3.63) is 11.7 Å². The van der Waals surface area contributed by atoms with Gasteiger partial charge in [0, 0.05) is 24.8 Å². The summed E-state index contributed by atoms with van der Waals surface area (Å²) in [6.07, 6.45) is 6.73. The Morgan fingerprint density at radius 3 is 2.90 bits per heavy atom. The van der Waals surface area contributed by atoms with Gasteiger partial charge in [0.05, 0.1) is 0 Å². The Balaban J connectivity index is 1.66. The average molecular weight is 293 g/mol. The standard InChI is InChI=1S/C16H27N3O2/c1-11(2)16-18-15(21-19-16)9-5-8-14(20)17-13-7-4-6-12(3)10-13/h11-13H,4-10H2,1-3H3,(H,17,20)/t12-,13-/m0/s1. The normalized spacial score (nSPS) is 22.5. The zero-order valence-corrected chi connectivity index (χ0v) is 13.4. The summed E-state index contributed by atoms with van der Waals surface area (Å²) in [5, 5.41) is 7.08. The summed E-state index contributed by atoms with van der Waals surface area (Å²) in [5.74, 6) is 2.54. The third kappa shape index (κ3) is 5.14. The van der Waals surface area contributed by atoms with Crippen LogP contribution >= 0.6 is 0 Å². The number of carbonyl (C=O) groups is 1. The zero-order valence-electron chi connectivity index (χ0n) is 13.4. The fraction of sp³-hybridized carbons (Fsp3) is 0.812. The Bertz CT molecular complexity index is 456. The predicted octanol–water partition coefficient (Wildman–Crippen LogP) is 3.21. The zero-order chi connectivity index (χ0) is 15.2. The van der Waals surface area contributed by atoms with Gasteiger partial charge in [-0.2, -0.15) is 4.98 Å². The smallest absolute Gasteiger partial charge is 0.226 e. The van der Waals surface area contributed by atoms with Crippen molar-refractivity contribution in [2.24, 2.45) is 5.92 Å². The molecule has 2 atom stereocenters. The van der Waals surface area contributed by atoms with E-state index in [1.165, 1.54) is 12.8 Å². The van der Waals surface area contributed by atoms with Crippen LogP contribution in [0.4, 0.5) is 0 Å². The van der Waals surface area contributed by atoms with Gasteiger partial charge in [-0.3, -0.25) is 4.79 Å². The number of nitrogens with zero attached hydrogens (tertiary/aromatic N) is 2. The first-order chi connectivity index (χ1) is 10.0. The molecule has 1 aliphatic carbocycles. The van der Waals surface area contributed by atoms with Crippen molar-refractivity contribution >= 4 is 5.91 Å². The van der Waals surface area contributed by atoms with Gasteiger partial charge in [0.25, 0.3) is 0 Å². The highest BCUT2D eigenvalue weighted by Crippen LogP contribution is 2.23. The monoisotopic (exact) mass is 293 g/mol. The second kappa shape index (κ2) is 7.57. The minimum Gasteiger partial charge on any atom is -0.353 e. The van der Waals surface area contributed by atoms with Gasteiger partial charge in [-0.25, -0.2) is 0 Å². The molecule has 1 N–H and O–H groups in total. The van der Waals surface area contributed by atoms with Crippen LogP contribution in [0.25, 0.3) is 0 Å². The van der Waals surface area contributed by atoms with Crippen LogP contribution in [-0.4, -0.2) is 22.1 Å². The number of hydrogen-bond acceptors (Lipinski definition) is 4. The van der Waals surface area contributed by atoms with Crippen LogP contribution in [0.5, 0.6) is 0 Å². The fourth-order valence-corrected chi connectivity index (χ4v) is 2.87. The van der Waals surface area contributed by atoms with E-state index in [0.717, 1.165) is 31.0 Å². The van der Waals surface area contributed by atoms with Crippen LogP contribution < -0.4 is 5.32 Å². The van der Waals surface area contributed by atoms with Crippen LogP contribution in [0.1, 0.15) is 76.9 Å². The minimum absolute atomic E-state index is 0.151. The summed E-state index contributed by atoms with van der Waals surface area (Å²) in [7, 11) is 0. The van der Waals surface area contributed by atoms with Crippen LogP contribution in [0.2, 0.25) is 0 Å². The van der Waals surface area contributed by atoms with E-state index in [2.05, 4.69) is 22.4 Å². The highest BCUT2D eigenvalue weighted by molar-refractivity contribution is 5.76. The SMILES string of the molecule is CC(C)c1noc(CCCC(=O)N[C@H]2CCC[C@H](C)C2)n1. The highest BCUT2D eigenvalue weighted by atomic mass is 16.5. The topological polar surface area (TPSA) is 68.0 Å². The Labute approximate surface area is 126 Å². The first kappa shape index (κ1) is 16.0. The lowest BCUT2D eigenvalue weighted by molar-refractivity contribution is -0.122. The summed E-state index contributed by atoms with van der Waals surface area (Å²) >= 11 is 0. The molecule has 0 saturated heterocycles. The lowest BCUT2D eigenvalue weighted by atomic mass is 9.87. The summed E-state index contributed by atoms with van der Waals surface area (Å²) in [4.78, 5) is 16.3. The number of aryl methyl sites for hydroxylation is 1. The summed E-state index contributed by atoms with van der Waals surface area (Å²) in [5.41, 5.74) is 0. The number of carbonyl (C=O) groups excluding carboxylic acids is 1. The number of amides is 1. The van der Waals surface area contributed by atoms with Gasteiger partial charge in [0.15, 0.2) is 5.82 Å². The van der Waals surface area contributed by atoms with Gasteiger partial charge in [-0.1, -0.05) is 38.8 Å². The van der Waals surface area contributed by atoms with E-state index in [4.69, 9.17) is 4.52 Å². The van der Waals surface area contributed by atoms with Gasteiger partial charge in [-0.05, 0) is 25.2 Å². The van der Waals surface area contributed by atoms with Gasteiger partial charge in [-0.15, -0.1) is 0 Å². The van der Waals surface area contributed by atoms with Crippen LogP contribution in [0, 0.1) is 5.92 Å². The molecular formula is C16H27N3O2. The molecule has 1 amide bonds. The third-order valence-electron chi connectivity index (χ3n) is 4.10. The Morgan fingerprint density at radius 1 is 1.43 bits per heavy atom. The first-order valence-corrected chi connectivity index (χ1v) is 8.16. The maximum Gasteiger partial charge on any atom is 0.226 e. The van der Waals surface area contributed by atoms with Crippen molar-refractivity contribution in [2.45, 2.75) is 77.7 Å². The van der Waals surface area contributed by atoms with Crippen LogP contribution in [0.15, 0.2) is 4.52 Å². The molecule has 1 aromatic rings. The molecule has 5 nitrogen and oxygen atoms in total. The molecule has 5 heteroatoms.